The molecule has 0 atom stereocenters. The van der Waals surface area contributed by atoms with E-state index < -0.39 is 6.61 Å². The van der Waals surface area contributed by atoms with Gasteiger partial charge in [-0.2, -0.15) is 13.9 Å². The molecule has 1 heterocycles. The van der Waals surface area contributed by atoms with Gasteiger partial charge in [-0.1, -0.05) is 6.07 Å². The van der Waals surface area contributed by atoms with Gasteiger partial charge in [-0.25, -0.2) is 0 Å². The molecule has 5 nitrogen and oxygen atoms in total. The summed E-state index contributed by atoms with van der Waals surface area (Å²) in [6.45, 7) is -1.92. The van der Waals surface area contributed by atoms with E-state index in [9.17, 15) is 13.9 Å². The van der Waals surface area contributed by atoms with Crippen molar-refractivity contribution < 1.29 is 23.4 Å². The number of aromatic hydroxyl groups is 1. The van der Waals surface area contributed by atoms with Crippen molar-refractivity contribution >= 4 is 0 Å². The number of rotatable bonds is 8. The summed E-state index contributed by atoms with van der Waals surface area (Å²) in [6, 6.07) is 13.6. The van der Waals surface area contributed by atoms with Crippen LogP contribution in [0.3, 0.4) is 0 Å². The summed E-state index contributed by atoms with van der Waals surface area (Å²) in [7, 11) is 0. The van der Waals surface area contributed by atoms with Gasteiger partial charge in [0.05, 0.1) is 18.8 Å². The maximum Gasteiger partial charge on any atom is 0.387 e. The lowest BCUT2D eigenvalue weighted by atomic mass is 10.1. The van der Waals surface area contributed by atoms with Crippen molar-refractivity contribution in [3.63, 3.8) is 0 Å². The Morgan fingerprint density at radius 1 is 1.07 bits per heavy atom. The van der Waals surface area contributed by atoms with E-state index in [1.54, 1.807) is 41.1 Å². The van der Waals surface area contributed by atoms with Crippen LogP contribution >= 0.6 is 0 Å². The van der Waals surface area contributed by atoms with Gasteiger partial charge >= 0.3 is 6.61 Å². The van der Waals surface area contributed by atoms with E-state index >= 15 is 0 Å². The average Bonchev–Trinajstić information content (AvgIpc) is 3.39. The standard InChI is InChI=1S/C21H20F2N2O3/c22-21(23)28-19-8-3-15(11-20(19)27-13-14-1-2-14)12-25-10-9-18(24-25)16-4-6-17(26)7-5-16/h3-11,14,21,26H,1-2,12-13H2. The van der Waals surface area contributed by atoms with Crippen molar-refractivity contribution in [3.05, 3.63) is 60.3 Å². The highest BCUT2D eigenvalue weighted by Crippen LogP contribution is 2.34. The summed E-state index contributed by atoms with van der Waals surface area (Å²) in [5, 5.41) is 13.9. The molecule has 0 radical (unpaired) electrons. The van der Waals surface area contributed by atoms with Crippen LogP contribution < -0.4 is 9.47 Å². The number of hydrogen-bond acceptors (Lipinski definition) is 4. The minimum atomic E-state index is -2.90. The molecule has 0 amide bonds. The van der Waals surface area contributed by atoms with Crippen molar-refractivity contribution in [1.82, 2.24) is 9.78 Å². The van der Waals surface area contributed by atoms with Crippen LogP contribution in [0.5, 0.6) is 17.2 Å². The Bertz CT molecular complexity index is 937. The predicted molar refractivity (Wildman–Crippen MR) is 99.7 cm³/mol. The Kier molecular flexibility index (Phi) is 5.14. The molecule has 1 aromatic heterocycles. The molecular formula is C21H20F2N2O3. The first-order valence-electron chi connectivity index (χ1n) is 9.10. The summed E-state index contributed by atoms with van der Waals surface area (Å²) in [6.07, 6.45) is 4.06. The van der Waals surface area contributed by atoms with Gasteiger partial charge in [0.15, 0.2) is 11.5 Å². The first kappa shape index (κ1) is 18.3. The molecule has 1 aliphatic rings. The van der Waals surface area contributed by atoms with Crippen LogP contribution in [0.4, 0.5) is 8.78 Å². The van der Waals surface area contributed by atoms with Crippen LogP contribution in [-0.4, -0.2) is 28.1 Å². The first-order valence-corrected chi connectivity index (χ1v) is 9.10. The summed E-state index contributed by atoms with van der Waals surface area (Å²) < 4.78 is 37.3. The van der Waals surface area contributed by atoms with Gasteiger partial charge in [0.1, 0.15) is 5.75 Å². The van der Waals surface area contributed by atoms with Gasteiger partial charge in [-0.15, -0.1) is 0 Å². The third-order valence-electron chi connectivity index (χ3n) is 4.54. The third kappa shape index (κ3) is 4.60. The van der Waals surface area contributed by atoms with Crippen molar-refractivity contribution in [3.8, 4) is 28.5 Å². The van der Waals surface area contributed by atoms with Crippen molar-refractivity contribution in [2.24, 2.45) is 5.92 Å². The van der Waals surface area contributed by atoms with Crippen LogP contribution in [0.2, 0.25) is 0 Å². The van der Waals surface area contributed by atoms with Crippen molar-refractivity contribution in [2.45, 2.75) is 26.0 Å². The molecule has 3 aromatic rings. The van der Waals surface area contributed by atoms with E-state index in [0.29, 0.717) is 24.8 Å². The second kappa shape index (κ2) is 7.88. The second-order valence-electron chi connectivity index (χ2n) is 6.86. The lowest BCUT2D eigenvalue weighted by Crippen LogP contribution is -2.07. The minimum absolute atomic E-state index is 0.0460. The Hall–Kier alpha value is -3.09. The molecule has 1 fully saturated rings. The summed E-state index contributed by atoms with van der Waals surface area (Å²) in [4.78, 5) is 0. The number of aromatic nitrogens is 2. The van der Waals surface area contributed by atoms with Crippen molar-refractivity contribution in [1.29, 1.82) is 0 Å². The normalized spacial score (nSPS) is 13.7. The molecule has 0 saturated heterocycles. The Labute approximate surface area is 161 Å². The fraction of sp³-hybridized carbons (Fsp3) is 0.286. The smallest absolute Gasteiger partial charge is 0.387 e. The van der Waals surface area contributed by atoms with E-state index in [1.807, 2.05) is 12.3 Å². The number of ether oxygens (including phenoxy) is 2. The lowest BCUT2D eigenvalue weighted by molar-refractivity contribution is -0.0515. The van der Waals surface area contributed by atoms with Gasteiger partial charge in [-0.05, 0) is 66.8 Å². The highest BCUT2D eigenvalue weighted by atomic mass is 19.3. The molecule has 1 aliphatic carbocycles. The minimum Gasteiger partial charge on any atom is -0.508 e. The number of nitrogens with zero attached hydrogens (tertiary/aromatic N) is 2. The molecule has 28 heavy (non-hydrogen) atoms. The average molecular weight is 386 g/mol. The third-order valence-corrected chi connectivity index (χ3v) is 4.54. The van der Waals surface area contributed by atoms with Crippen LogP contribution in [0.25, 0.3) is 11.3 Å². The monoisotopic (exact) mass is 386 g/mol. The van der Waals surface area contributed by atoms with Crippen molar-refractivity contribution in [2.75, 3.05) is 6.61 Å². The number of alkyl halides is 2. The van der Waals surface area contributed by atoms with E-state index in [4.69, 9.17) is 4.74 Å². The van der Waals surface area contributed by atoms with Gasteiger partial charge in [-0.3, -0.25) is 4.68 Å². The van der Waals surface area contributed by atoms with Crippen LogP contribution in [0, 0.1) is 5.92 Å². The fourth-order valence-corrected chi connectivity index (χ4v) is 2.87. The maximum atomic E-state index is 12.6. The predicted octanol–water partition coefficient (Wildman–Crippen LogP) is 4.69. The fourth-order valence-electron chi connectivity index (χ4n) is 2.87. The van der Waals surface area contributed by atoms with E-state index in [2.05, 4.69) is 9.84 Å². The molecule has 2 aromatic carbocycles. The zero-order chi connectivity index (χ0) is 19.5. The number of benzene rings is 2. The number of hydrogen-bond donors (Lipinski definition) is 1. The lowest BCUT2D eigenvalue weighted by Gasteiger charge is -2.13. The molecule has 0 bridgehead atoms. The quantitative estimate of drug-likeness (QED) is 0.610. The maximum absolute atomic E-state index is 12.6. The van der Waals surface area contributed by atoms with E-state index in [-0.39, 0.29) is 11.5 Å². The van der Waals surface area contributed by atoms with Gasteiger partial charge < -0.3 is 14.6 Å². The Morgan fingerprint density at radius 2 is 1.86 bits per heavy atom. The summed E-state index contributed by atoms with van der Waals surface area (Å²) in [5.74, 6) is 1.08. The molecule has 0 spiro atoms. The number of halogens is 2. The summed E-state index contributed by atoms with van der Waals surface area (Å²) in [5.41, 5.74) is 2.54. The van der Waals surface area contributed by atoms with Gasteiger partial charge in [0.25, 0.3) is 0 Å². The topological polar surface area (TPSA) is 56.5 Å². The molecule has 1 N–H and O–H groups in total. The molecule has 0 aliphatic heterocycles. The zero-order valence-corrected chi connectivity index (χ0v) is 15.1. The van der Waals surface area contributed by atoms with Crippen LogP contribution in [0.15, 0.2) is 54.7 Å². The van der Waals surface area contributed by atoms with Crippen LogP contribution in [0.1, 0.15) is 18.4 Å². The Balaban J connectivity index is 1.50. The largest absolute Gasteiger partial charge is 0.508 e. The highest BCUT2D eigenvalue weighted by molar-refractivity contribution is 5.59. The summed E-state index contributed by atoms with van der Waals surface area (Å²) >= 11 is 0. The molecular weight excluding hydrogens is 366 g/mol. The second-order valence-corrected chi connectivity index (χ2v) is 6.86. The first-order chi connectivity index (χ1) is 13.6. The van der Waals surface area contributed by atoms with Gasteiger partial charge in [0, 0.05) is 11.8 Å². The van der Waals surface area contributed by atoms with E-state index in [1.165, 1.54) is 6.07 Å². The molecule has 1 saturated carbocycles. The SMILES string of the molecule is Oc1ccc(-c2ccn(Cc3ccc(OC(F)F)c(OCC4CC4)c3)n2)cc1. The molecule has 146 valence electrons. The van der Waals surface area contributed by atoms with Crippen LogP contribution in [-0.2, 0) is 6.54 Å². The van der Waals surface area contributed by atoms with E-state index in [0.717, 1.165) is 29.7 Å². The number of phenols is 1. The highest BCUT2D eigenvalue weighted by Gasteiger charge is 2.23. The molecule has 7 heteroatoms. The zero-order valence-electron chi connectivity index (χ0n) is 15.1. The Morgan fingerprint density at radius 3 is 2.57 bits per heavy atom. The van der Waals surface area contributed by atoms with Gasteiger partial charge in [0.2, 0.25) is 0 Å². The molecule has 0 unspecified atom stereocenters. The molecule has 4 rings (SSSR count). The number of phenolic OH excluding ortho intramolecular Hbond substituents is 1.